The van der Waals surface area contributed by atoms with Gasteiger partial charge in [-0.2, -0.15) is 10.2 Å². The van der Waals surface area contributed by atoms with Crippen LogP contribution in [0.5, 0.6) is 0 Å². The molecule has 0 bridgehead atoms. The molecule has 1 amide bonds. The number of amides is 1. The van der Waals surface area contributed by atoms with Crippen LogP contribution in [0.1, 0.15) is 42.8 Å². The molecule has 1 fully saturated rings. The number of pyridine rings is 1. The SMILES string of the molecule is CC(=O)N1CCc2c(c(-n3c(C)cc4cc(-c5cnn(C)c5)ncc43)nn2C2CCOCC2)C1. The molecule has 9 nitrogen and oxygen atoms in total. The Morgan fingerprint density at radius 1 is 1.18 bits per heavy atom. The van der Waals surface area contributed by atoms with Gasteiger partial charge in [-0.15, -0.1) is 0 Å². The maximum atomic E-state index is 12.2. The molecule has 6 rings (SSSR count). The Morgan fingerprint density at radius 3 is 2.74 bits per heavy atom. The van der Waals surface area contributed by atoms with Crippen molar-refractivity contribution in [1.29, 1.82) is 0 Å². The van der Waals surface area contributed by atoms with Gasteiger partial charge < -0.3 is 9.64 Å². The van der Waals surface area contributed by atoms with E-state index in [1.807, 2.05) is 30.5 Å². The van der Waals surface area contributed by atoms with Gasteiger partial charge in [0.25, 0.3) is 0 Å². The van der Waals surface area contributed by atoms with Gasteiger partial charge in [0.05, 0.1) is 36.2 Å². The molecule has 0 radical (unpaired) electrons. The minimum absolute atomic E-state index is 0.104. The van der Waals surface area contributed by atoms with Crippen molar-refractivity contribution < 1.29 is 9.53 Å². The van der Waals surface area contributed by atoms with Crippen LogP contribution < -0.4 is 0 Å². The molecule has 0 saturated carbocycles. The second-order valence-electron chi connectivity index (χ2n) is 9.38. The highest BCUT2D eigenvalue weighted by Gasteiger charge is 2.31. The maximum Gasteiger partial charge on any atom is 0.219 e. The van der Waals surface area contributed by atoms with E-state index in [2.05, 4.69) is 33.4 Å². The van der Waals surface area contributed by atoms with Crippen molar-refractivity contribution in [3.05, 3.63) is 47.7 Å². The molecule has 0 N–H and O–H groups in total. The van der Waals surface area contributed by atoms with E-state index in [-0.39, 0.29) is 5.91 Å². The van der Waals surface area contributed by atoms with Gasteiger partial charge in [-0.3, -0.25) is 23.7 Å². The van der Waals surface area contributed by atoms with Crippen LogP contribution in [0.15, 0.2) is 30.7 Å². The zero-order valence-corrected chi connectivity index (χ0v) is 19.9. The Balaban J connectivity index is 1.49. The zero-order chi connectivity index (χ0) is 23.4. The lowest BCUT2D eigenvalue weighted by Gasteiger charge is -2.29. The first-order valence-electron chi connectivity index (χ1n) is 11.9. The quantitative estimate of drug-likeness (QED) is 0.470. The predicted octanol–water partition coefficient (Wildman–Crippen LogP) is 3.19. The fourth-order valence-electron chi connectivity index (χ4n) is 5.35. The molecule has 0 spiro atoms. The van der Waals surface area contributed by atoms with E-state index in [1.54, 1.807) is 11.6 Å². The summed E-state index contributed by atoms with van der Waals surface area (Å²) in [6.07, 6.45) is 8.48. The smallest absolute Gasteiger partial charge is 0.219 e. The second kappa shape index (κ2) is 8.09. The van der Waals surface area contributed by atoms with Crippen LogP contribution in [0, 0.1) is 6.92 Å². The third kappa shape index (κ3) is 3.42. The summed E-state index contributed by atoms with van der Waals surface area (Å²) in [5.74, 6) is 1.02. The van der Waals surface area contributed by atoms with Gasteiger partial charge in [0, 0.05) is 74.2 Å². The van der Waals surface area contributed by atoms with Gasteiger partial charge in [0.2, 0.25) is 5.91 Å². The number of carbonyl (C=O) groups excluding carboxylic acids is 1. The number of aromatic nitrogens is 6. The van der Waals surface area contributed by atoms with Crippen LogP contribution >= 0.6 is 0 Å². The molecule has 0 unspecified atom stereocenters. The highest BCUT2D eigenvalue weighted by atomic mass is 16.5. The van der Waals surface area contributed by atoms with Gasteiger partial charge in [-0.25, -0.2) is 0 Å². The van der Waals surface area contributed by atoms with Gasteiger partial charge in [-0.05, 0) is 31.9 Å². The molecule has 34 heavy (non-hydrogen) atoms. The first kappa shape index (κ1) is 21.1. The predicted molar refractivity (Wildman–Crippen MR) is 128 cm³/mol. The topological polar surface area (TPSA) is 83.0 Å². The fraction of sp³-hybridized carbons (Fsp3) is 0.440. The number of hydrogen-bond acceptors (Lipinski definition) is 5. The molecule has 4 aromatic heterocycles. The van der Waals surface area contributed by atoms with Gasteiger partial charge in [-0.1, -0.05) is 0 Å². The average molecular weight is 460 g/mol. The number of rotatable bonds is 3. The van der Waals surface area contributed by atoms with Crippen molar-refractivity contribution >= 4 is 16.8 Å². The summed E-state index contributed by atoms with van der Waals surface area (Å²) in [6, 6.07) is 4.62. The monoisotopic (exact) mass is 459 g/mol. The lowest BCUT2D eigenvalue weighted by molar-refractivity contribution is -0.129. The van der Waals surface area contributed by atoms with Crippen LogP contribution in [0.25, 0.3) is 28.0 Å². The number of nitrogens with zero attached hydrogens (tertiary/aromatic N) is 7. The molecule has 4 aromatic rings. The Labute approximate surface area is 197 Å². The van der Waals surface area contributed by atoms with Gasteiger partial charge >= 0.3 is 0 Å². The van der Waals surface area contributed by atoms with Crippen molar-refractivity contribution in [2.75, 3.05) is 19.8 Å². The highest BCUT2D eigenvalue weighted by molar-refractivity contribution is 5.86. The standard InChI is InChI=1S/C25H29N7O2/c1-16-10-18-11-22(19-12-27-29(3)14-19)26-13-24(18)31(16)25-21-15-30(17(2)33)7-4-23(21)32(28-25)20-5-8-34-9-6-20/h10-14,20H,4-9,15H2,1-3H3. The Kier molecular flexibility index (Phi) is 5.02. The van der Waals surface area contributed by atoms with Crippen LogP contribution in [0.4, 0.5) is 0 Å². The zero-order valence-electron chi connectivity index (χ0n) is 19.9. The maximum absolute atomic E-state index is 12.2. The van der Waals surface area contributed by atoms with E-state index in [0.717, 1.165) is 78.3 Å². The molecule has 2 aliphatic heterocycles. The lowest BCUT2D eigenvalue weighted by atomic mass is 10.0. The Hall–Kier alpha value is -3.46. The number of hydrogen-bond donors (Lipinski definition) is 0. The Bertz CT molecular complexity index is 1390. The molecule has 0 atom stereocenters. The first-order chi connectivity index (χ1) is 16.5. The number of carbonyl (C=O) groups is 1. The minimum atomic E-state index is 0.104. The largest absolute Gasteiger partial charge is 0.381 e. The second-order valence-corrected chi connectivity index (χ2v) is 9.38. The molecular formula is C25H29N7O2. The summed E-state index contributed by atoms with van der Waals surface area (Å²) in [7, 11) is 1.91. The van der Waals surface area contributed by atoms with E-state index >= 15 is 0 Å². The van der Waals surface area contributed by atoms with Crippen LogP contribution in [-0.2, 0) is 29.5 Å². The fourth-order valence-corrected chi connectivity index (χ4v) is 5.35. The molecular weight excluding hydrogens is 430 g/mol. The van der Waals surface area contributed by atoms with Crippen molar-refractivity contribution in [2.24, 2.45) is 7.05 Å². The van der Waals surface area contributed by atoms with E-state index in [0.29, 0.717) is 12.6 Å². The van der Waals surface area contributed by atoms with Crippen LogP contribution in [0.2, 0.25) is 0 Å². The number of fused-ring (bicyclic) bond motifs is 2. The lowest BCUT2D eigenvalue weighted by Crippen LogP contribution is -2.35. The summed E-state index contributed by atoms with van der Waals surface area (Å²) in [6.45, 7) is 6.60. The third-order valence-corrected chi connectivity index (χ3v) is 7.13. The first-order valence-corrected chi connectivity index (χ1v) is 11.9. The summed E-state index contributed by atoms with van der Waals surface area (Å²) in [5.41, 5.74) is 6.40. The summed E-state index contributed by atoms with van der Waals surface area (Å²) < 4.78 is 11.8. The van der Waals surface area contributed by atoms with Crippen molar-refractivity contribution in [2.45, 2.75) is 45.7 Å². The van der Waals surface area contributed by atoms with E-state index in [4.69, 9.17) is 14.8 Å². The van der Waals surface area contributed by atoms with Gasteiger partial charge in [0.1, 0.15) is 0 Å². The molecule has 6 heterocycles. The molecule has 9 heteroatoms. The third-order valence-electron chi connectivity index (χ3n) is 7.13. The Morgan fingerprint density at radius 2 is 2.00 bits per heavy atom. The average Bonchev–Trinajstić information content (AvgIpc) is 3.53. The van der Waals surface area contributed by atoms with E-state index in [9.17, 15) is 4.79 Å². The minimum Gasteiger partial charge on any atom is -0.381 e. The molecule has 2 aliphatic rings. The summed E-state index contributed by atoms with van der Waals surface area (Å²) in [4.78, 5) is 18.9. The van der Waals surface area contributed by atoms with Crippen LogP contribution in [0.3, 0.4) is 0 Å². The van der Waals surface area contributed by atoms with E-state index in [1.165, 1.54) is 5.69 Å². The molecule has 0 aromatic carbocycles. The van der Waals surface area contributed by atoms with Gasteiger partial charge in [0.15, 0.2) is 5.82 Å². The molecule has 1 saturated heterocycles. The van der Waals surface area contributed by atoms with E-state index < -0.39 is 0 Å². The number of aryl methyl sites for hydroxylation is 2. The highest BCUT2D eigenvalue weighted by Crippen LogP contribution is 2.34. The van der Waals surface area contributed by atoms with Crippen LogP contribution in [-0.4, -0.2) is 59.7 Å². The van der Waals surface area contributed by atoms with Crippen molar-refractivity contribution in [1.82, 2.24) is 34.0 Å². The molecule has 0 aliphatic carbocycles. The summed E-state index contributed by atoms with van der Waals surface area (Å²) in [5, 5.41) is 10.6. The molecule has 176 valence electrons. The van der Waals surface area contributed by atoms with Crippen molar-refractivity contribution in [3.63, 3.8) is 0 Å². The van der Waals surface area contributed by atoms with Crippen molar-refractivity contribution in [3.8, 4) is 17.1 Å². The summed E-state index contributed by atoms with van der Waals surface area (Å²) >= 11 is 0. The normalized spacial score (nSPS) is 16.9. The number of ether oxygens (including phenoxy) is 1.